The molecule has 0 aliphatic carbocycles. The van der Waals surface area contributed by atoms with Crippen LogP contribution < -0.4 is 9.47 Å². The fraction of sp³-hybridized carbons (Fsp3) is 0.579. The number of benzene rings is 3. The zero-order chi connectivity index (χ0) is 31.4. The van der Waals surface area contributed by atoms with Gasteiger partial charge in [0, 0.05) is 21.5 Å². The minimum Gasteiger partial charge on any atom is -0.481 e. The van der Waals surface area contributed by atoms with E-state index in [4.69, 9.17) is 18.9 Å². The molecule has 0 unspecified atom stereocenters. The molecule has 3 aromatic carbocycles. The first-order valence-electron chi connectivity index (χ1n) is 17.1. The number of ether oxygens (including phenoxy) is 4. The summed E-state index contributed by atoms with van der Waals surface area (Å²) in [5, 5.41) is 3.34. The first-order chi connectivity index (χ1) is 21.6. The van der Waals surface area contributed by atoms with E-state index in [0.29, 0.717) is 24.7 Å². The van der Waals surface area contributed by atoms with Crippen molar-refractivity contribution in [2.75, 3.05) is 26.4 Å². The Morgan fingerprint density at radius 2 is 0.977 bits per heavy atom. The number of aryl methyl sites for hydroxylation is 1. The standard InChI is InChI=1S/C38H54O6/c1-4-7-10-12-14-18-25-41-35(39)28-43-37-31-21-16-17-22-32(31)38(34-27-30(20-9-6-3)23-24-33(34)37)44-29-36(40)42-26-19-15-13-11-8-5-2/h16-17,21-24,27H,4-15,18-20,25-26,28-29H2,1-3H3. The van der Waals surface area contributed by atoms with Crippen molar-refractivity contribution in [1.29, 1.82) is 0 Å². The Labute approximate surface area is 264 Å². The summed E-state index contributed by atoms with van der Waals surface area (Å²) in [4.78, 5) is 25.2. The van der Waals surface area contributed by atoms with Crippen molar-refractivity contribution in [3.05, 3.63) is 48.0 Å². The first kappa shape index (κ1) is 35.2. The SMILES string of the molecule is CCCCCCCCOC(=O)COc1c2ccccc2c(OCC(=O)OCCCCCCCC)c2cc(CCCC)ccc12. The summed E-state index contributed by atoms with van der Waals surface area (Å²) in [7, 11) is 0. The summed E-state index contributed by atoms with van der Waals surface area (Å²) in [6.07, 6.45) is 16.7. The van der Waals surface area contributed by atoms with Crippen molar-refractivity contribution >= 4 is 33.5 Å². The van der Waals surface area contributed by atoms with Gasteiger partial charge in [-0.15, -0.1) is 0 Å². The molecule has 6 heteroatoms. The molecule has 0 aromatic heterocycles. The highest BCUT2D eigenvalue weighted by Crippen LogP contribution is 2.43. The molecule has 0 N–H and O–H groups in total. The summed E-state index contributed by atoms with van der Waals surface area (Å²) >= 11 is 0. The molecule has 242 valence electrons. The van der Waals surface area contributed by atoms with Crippen LogP contribution in [0.25, 0.3) is 21.5 Å². The molecule has 0 fully saturated rings. The number of esters is 2. The lowest BCUT2D eigenvalue weighted by molar-refractivity contribution is -0.147. The number of rotatable bonds is 23. The number of fused-ring (bicyclic) bond motifs is 2. The predicted molar refractivity (Wildman–Crippen MR) is 180 cm³/mol. The molecule has 0 aliphatic rings. The molecule has 0 aliphatic heterocycles. The number of hydrogen-bond acceptors (Lipinski definition) is 6. The Kier molecular flexibility index (Phi) is 16.5. The minimum absolute atomic E-state index is 0.168. The topological polar surface area (TPSA) is 71.1 Å². The van der Waals surface area contributed by atoms with E-state index in [9.17, 15) is 9.59 Å². The van der Waals surface area contributed by atoms with Gasteiger partial charge in [0.25, 0.3) is 0 Å². The Morgan fingerprint density at radius 3 is 1.50 bits per heavy atom. The van der Waals surface area contributed by atoms with Crippen molar-refractivity contribution in [3.63, 3.8) is 0 Å². The second-order valence-electron chi connectivity index (χ2n) is 11.7. The van der Waals surface area contributed by atoms with Crippen LogP contribution in [0.5, 0.6) is 11.5 Å². The van der Waals surface area contributed by atoms with Gasteiger partial charge in [-0.25, -0.2) is 9.59 Å². The number of unbranched alkanes of at least 4 members (excludes halogenated alkanes) is 11. The van der Waals surface area contributed by atoms with Gasteiger partial charge in [-0.3, -0.25) is 0 Å². The summed E-state index contributed by atoms with van der Waals surface area (Å²) in [5.74, 6) is 0.505. The molecule has 0 saturated heterocycles. The zero-order valence-corrected chi connectivity index (χ0v) is 27.4. The fourth-order valence-corrected chi connectivity index (χ4v) is 5.48. The van der Waals surface area contributed by atoms with E-state index in [-0.39, 0.29) is 25.2 Å². The van der Waals surface area contributed by atoms with Gasteiger partial charge >= 0.3 is 11.9 Å². The van der Waals surface area contributed by atoms with Crippen molar-refractivity contribution in [1.82, 2.24) is 0 Å². The van der Waals surface area contributed by atoms with E-state index in [2.05, 4.69) is 32.9 Å². The van der Waals surface area contributed by atoms with E-state index in [1.807, 2.05) is 30.3 Å². The Hall–Kier alpha value is -3.28. The average Bonchev–Trinajstić information content (AvgIpc) is 3.04. The summed E-state index contributed by atoms with van der Waals surface area (Å²) in [6, 6.07) is 14.1. The molecule has 0 radical (unpaired) electrons. The monoisotopic (exact) mass is 606 g/mol. The van der Waals surface area contributed by atoms with Crippen molar-refractivity contribution in [2.45, 2.75) is 117 Å². The van der Waals surface area contributed by atoms with Crippen LogP contribution in [0.2, 0.25) is 0 Å². The van der Waals surface area contributed by atoms with Crippen LogP contribution in [0.3, 0.4) is 0 Å². The molecule has 0 amide bonds. The van der Waals surface area contributed by atoms with Gasteiger partial charge in [-0.1, -0.05) is 128 Å². The van der Waals surface area contributed by atoms with Crippen LogP contribution in [0.4, 0.5) is 0 Å². The quantitative estimate of drug-likeness (QED) is 0.0608. The van der Waals surface area contributed by atoms with Crippen molar-refractivity contribution < 1.29 is 28.5 Å². The number of carbonyl (C=O) groups is 2. The zero-order valence-electron chi connectivity index (χ0n) is 27.4. The van der Waals surface area contributed by atoms with Crippen molar-refractivity contribution in [2.24, 2.45) is 0 Å². The van der Waals surface area contributed by atoms with Crippen LogP contribution in [0.1, 0.15) is 116 Å². The lowest BCUT2D eigenvalue weighted by Crippen LogP contribution is -2.17. The molecular formula is C38H54O6. The molecule has 6 nitrogen and oxygen atoms in total. The van der Waals surface area contributed by atoms with Crippen molar-refractivity contribution in [3.8, 4) is 11.5 Å². The highest BCUT2D eigenvalue weighted by molar-refractivity contribution is 6.11. The summed E-state index contributed by atoms with van der Waals surface area (Å²) < 4.78 is 23.4. The third-order valence-corrected chi connectivity index (χ3v) is 8.00. The van der Waals surface area contributed by atoms with Crippen LogP contribution >= 0.6 is 0 Å². The lowest BCUT2D eigenvalue weighted by atomic mass is 9.97. The van der Waals surface area contributed by atoms with E-state index in [1.54, 1.807) is 0 Å². The normalized spacial score (nSPS) is 11.2. The predicted octanol–water partition coefficient (Wildman–Crippen LogP) is 9.90. The second-order valence-corrected chi connectivity index (χ2v) is 11.7. The number of carbonyl (C=O) groups excluding carboxylic acids is 2. The van der Waals surface area contributed by atoms with Gasteiger partial charge in [0.05, 0.1) is 13.2 Å². The molecule has 0 bridgehead atoms. The van der Waals surface area contributed by atoms with E-state index in [0.717, 1.165) is 66.5 Å². The van der Waals surface area contributed by atoms with Gasteiger partial charge in [0.15, 0.2) is 13.2 Å². The fourth-order valence-electron chi connectivity index (χ4n) is 5.48. The average molecular weight is 607 g/mol. The molecular weight excluding hydrogens is 552 g/mol. The van der Waals surface area contributed by atoms with Gasteiger partial charge in [0.1, 0.15) is 11.5 Å². The van der Waals surface area contributed by atoms with Gasteiger partial charge in [-0.2, -0.15) is 0 Å². The molecule has 0 heterocycles. The van der Waals surface area contributed by atoms with Crippen LogP contribution in [-0.2, 0) is 25.5 Å². The van der Waals surface area contributed by atoms with E-state index in [1.165, 1.54) is 56.9 Å². The second kappa shape index (κ2) is 20.6. The van der Waals surface area contributed by atoms with Gasteiger partial charge < -0.3 is 18.9 Å². The first-order valence-corrected chi connectivity index (χ1v) is 17.1. The third kappa shape index (κ3) is 11.7. The molecule has 0 spiro atoms. The largest absolute Gasteiger partial charge is 0.481 e. The molecule has 0 saturated carbocycles. The van der Waals surface area contributed by atoms with Crippen LogP contribution in [-0.4, -0.2) is 38.4 Å². The molecule has 44 heavy (non-hydrogen) atoms. The van der Waals surface area contributed by atoms with E-state index < -0.39 is 0 Å². The van der Waals surface area contributed by atoms with Crippen LogP contribution in [0, 0.1) is 0 Å². The molecule has 3 aromatic rings. The highest BCUT2D eigenvalue weighted by Gasteiger charge is 2.19. The van der Waals surface area contributed by atoms with E-state index >= 15 is 0 Å². The maximum absolute atomic E-state index is 12.6. The highest BCUT2D eigenvalue weighted by atomic mass is 16.6. The smallest absolute Gasteiger partial charge is 0.344 e. The Morgan fingerprint density at radius 1 is 0.523 bits per heavy atom. The lowest BCUT2D eigenvalue weighted by Gasteiger charge is -2.18. The minimum atomic E-state index is -0.371. The number of hydrogen-bond donors (Lipinski definition) is 0. The van der Waals surface area contributed by atoms with Gasteiger partial charge in [-0.05, 0) is 37.3 Å². The maximum atomic E-state index is 12.6. The molecule has 0 atom stereocenters. The van der Waals surface area contributed by atoms with Crippen LogP contribution in [0.15, 0.2) is 42.5 Å². The Bertz CT molecular complexity index is 1280. The molecule has 3 rings (SSSR count). The maximum Gasteiger partial charge on any atom is 0.344 e. The van der Waals surface area contributed by atoms with Gasteiger partial charge in [0.2, 0.25) is 0 Å². The third-order valence-electron chi connectivity index (χ3n) is 8.00. The summed E-state index contributed by atoms with van der Waals surface area (Å²) in [5.41, 5.74) is 1.19. The Balaban J connectivity index is 1.73. The summed E-state index contributed by atoms with van der Waals surface area (Å²) in [6.45, 7) is 7.08.